The van der Waals surface area contributed by atoms with Gasteiger partial charge in [0.05, 0.1) is 0 Å². The molecule has 0 saturated carbocycles. The maximum Gasteiger partial charge on any atom is 0.0431 e. The van der Waals surface area contributed by atoms with Crippen molar-refractivity contribution in [3.8, 4) is 0 Å². The zero-order valence-electron chi connectivity index (χ0n) is 7.35. The fourth-order valence-electron chi connectivity index (χ4n) is 1.17. The van der Waals surface area contributed by atoms with Crippen molar-refractivity contribution in [2.75, 3.05) is 11.0 Å². The number of aliphatic hydroxyl groups excluding tert-OH is 1. The van der Waals surface area contributed by atoms with E-state index in [9.17, 15) is 0 Å². The van der Waals surface area contributed by atoms with Gasteiger partial charge in [0.15, 0.2) is 0 Å². The summed E-state index contributed by atoms with van der Waals surface area (Å²) >= 11 is 2.43. The van der Waals surface area contributed by atoms with Crippen LogP contribution in [0, 0.1) is 5.92 Å². The summed E-state index contributed by atoms with van der Waals surface area (Å²) in [5.41, 5.74) is 0. The van der Waals surface area contributed by atoms with E-state index in [1.165, 1.54) is 30.1 Å². The lowest BCUT2D eigenvalue weighted by Gasteiger charge is -2.08. The second-order valence-corrected chi connectivity index (χ2v) is 4.23. The number of alkyl halides is 1. The van der Waals surface area contributed by atoms with Crippen LogP contribution in [0.5, 0.6) is 0 Å². The van der Waals surface area contributed by atoms with Crippen molar-refractivity contribution < 1.29 is 5.11 Å². The molecule has 0 fully saturated rings. The second kappa shape index (κ2) is 8.78. The molecule has 0 aliphatic rings. The predicted octanol–water partition coefficient (Wildman–Crippen LogP) is 3.00. The van der Waals surface area contributed by atoms with Crippen molar-refractivity contribution >= 4 is 22.6 Å². The van der Waals surface area contributed by atoms with Gasteiger partial charge in [-0.2, -0.15) is 0 Å². The molecule has 1 nitrogen and oxygen atoms in total. The highest BCUT2D eigenvalue weighted by molar-refractivity contribution is 14.1. The lowest BCUT2D eigenvalue weighted by Crippen LogP contribution is -1.96. The third-order valence-electron chi connectivity index (χ3n) is 1.94. The summed E-state index contributed by atoms with van der Waals surface area (Å²) in [5.74, 6) is 0.858. The number of hydrogen-bond donors (Lipinski definition) is 1. The van der Waals surface area contributed by atoms with Crippen LogP contribution in [0.3, 0.4) is 0 Å². The minimum atomic E-state index is 0.360. The first-order valence-electron chi connectivity index (χ1n) is 4.48. The van der Waals surface area contributed by atoms with Crippen molar-refractivity contribution in [3.63, 3.8) is 0 Å². The predicted molar refractivity (Wildman–Crippen MR) is 58.2 cm³/mol. The van der Waals surface area contributed by atoms with Gasteiger partial charge in [0.25, 0.3) is 0 Å². The van der Waals surface area contributed by atoms with Crippen LogP contribution in [0.15, 0.2) is 0 Å². The molecule has 0 aromatic heterocycles. The van der Waals surface area contributed by atoms with E-state index in [0.717, 1.165) is 12.3 Å². The van der Waals surface area contributed by atoms with Crippen LogP contribution >= 0.6 is 22.6 Å². The van der Waals surface area contributed by atoms with E-state index < -0.39 is 0 Å². The van der Waals surface area contributed by atoms with Crippen molar-refractivity contribution in [2.45, 2.75) is 39.0 Å². The molecule has 2 heteroatoms. The number of unbranched alkanes of at least 4 members (excludes halogenated alkanes) is 1. The molecule has 0 rings (SSSR count). The van der Waals surface area contributed by atoms with E-state index in [0.29, 0.717) is 6.61 Å². The topological polar surface area (TPSA) is 20.2 Å². The normalized spacial score (nSPS) is 13.4. The van der Waals surface area contributed by atoms with Crippen LogP contribution < -0.4 is 0 Å². The smallest absolute Gasteiger partial charge is 0.0431 e. The molecular formula is C9H19IO. The van der Waals surface area contributed by atoms with Crippen molar-refractivity contribution in [3.05, 3.63) is 0 Å². The Labute approximate surface area is 83.7 Å². The molecule has 0 spiro atoms. The first kappa shape index (κ1) is 11.7. The van der Waals surface area contributed by atoms with E-state index in [2.05, 4.69) is 29.5 Å². The van der Waals surface area contributed by atoms with Crippen LogP contribution in [-0.4, -0.2) is 16.1 Å². The maximum atomic E-state index is 8.55. The van der Waals surface area contributed by atoms with Gasteiger partial charge >= 0.3 is 0 Å². The van der Waals surface area contributed by atoms with Crippen molar-refractivity contribution in [1.82, 2.24) is 0 Å². The molecule has 11 heavy (non-hydrogen) atoms. The molecule has 0 aliphatic heterocycles. The lowest BCUT2D eigenvalue weighted by atomic mass is 9.99. The van der Waals surface area contributed by atoms with Gasteiger partial charge in [-0.15, -0.1) is 0 Å². The highest BCUT2D eigenvalue weighted by atomic mass is 127. The summed E-state index contributed by atoms with van der Waals surface area (Å²) in [6.45, 7) is 2.67. The van der Waals surface area contributed by atoms with Gasteiger partial charge in [0.1, 0.15) is 0 Å². The van der Waals surface area contributed by atoms with Gasteiger partial charge in [-0.05, 0) is 29.6 Å². The lowest BCUT2D eigenvalue weighted by molar-refractivity contribution is 0.278. The standard InChI is InChI=1S/C9H19IO/c1-9(6-4-7-10)5-2-3-8-11/h9,11H,2-8H2,1H3/t9-/m0/s1. The number of aliphatic hydroxyl groups is 1. The summed E-state index contributed by atoms with van der Waals surface area (Å²) in [4.78, 5) is 0. The van der Waals surface area contributed by atoms with Gasteiger partial charge in [-0.25, -0.2) is 0 Å². The molecule has 68 valence electrons. The Kier molecular flexibility index (Phi) is 9.33. The fourth-order valence-corrected chi connectivity index (χ4v) is 1.61. The number of halogens is 1. The van der Waals surface area contributed by atoms with E-state index in [1.54, 1.807) is 0 Å². The van der Waals surface area contributed by atoms with Crippen LogP contribution in [0.1, 0.15) is 39.0 Å². The van der Waals surface area contributed by atoms with Crippen LogP contribution in [0.25, 0.3) is 0 Å². The minimum absolute atomic E-state index is 0.360. The monoisotopic (exact) mass is 270 g/mol. The molecule has 0 heterocycles. The van der Waals surface area contributed by atoms with E-state index in [-0.39, 0.29) is 0 Å². The fraction of sp³-hybridized carbons (Fsp3) is 1.00. The molecule has 0 radical (unpaired) electrons. The Bertz CT molecular complexity index is 76.0. The maximum absolute atomic E-state index is 8.55. The van der Waals surface area contributed by atoms with Crippen LogP contribution in [0.2, 0.25) is 0 Å². The van der Waals surface area contributed by atoms with Crippen molar-refractivity contribution in [1.29, 1.82) is 0 Å². The number of rotatable bonds is 7. The summed E-state index contributed by atoms with van der Waals surface area (Å²) in [6.07, 6.45) is 6.17. The molecule has 0 aromatic rings. The third-order valence-corrected chi connectivity index (χ3v) is 2.70. The third kappa shape index (κ3) is 8.60. The van der Waals surface area contributed by atoms with Gasteiger partial charge in [-0.1, -0.05) is 42.4 Å². The summed E-state index contributed by atoms with van der Waals surface area (Å²) in [5, 5.41) is 8.55. The zero-order chi connectivity index (χ0) is 8.53. The Hall–Kier alpha value is 0.690. The molecule has 1 atom stereocenters. The molecular weight excluding hydrogens is 251 g/mol. The van der Waals surface area contributed by atoms with Crippen LogP contribution in [0.4, 0.5) is 0 Å². The van der Waals surface area contributed by atoms with Crippen LogP contribution in [-0.2, 0) is 0 Å². The van der Waals surface area contributed by atoms with E-state index in [1.807, 2.05) is 0 Å². The average molecular weight is 270 g/mol. The van der Waals surface area contributed by atoms with Gasteiger partial charge in [-0.3, -0.25) is 0 Å². The quantitative estimate of drug-likeness (QED) is 0.428. The molecule has 0 unspecified atom stereocenters. The summed E-state index contributed by atoms with van der Waals surface area (Å²) in [7, 11) is 0. The minimum Gasteiger partial charge on any atom is -0.396 e. The molecule has 0 aliphatic carbocycles. The van der Waals surface area contributed by atoms with Gasteiger partial charge in [0, 0.05) is 6.61 Å². The second-order valence-electron chi connectivity index (χ2n) is 3.16. The SMILES string of the molecule is C[C@H](CCCI)CCCCO. The highest BCUT2D eigenvalue weighted by Gasteiger charge is 2.00. The molecule has 0 aromatic carbocycles. The van der Waals surface area contributed by atoms with E-state index in [4.69, 9.17) is 5.11 Å². The average Bonchev–Trinajstić information content (AvgIpc) is 2.01. The Balaban J connectivity index is 3.02. The molecule has 0 amide bonds. The van der Waals surface area contributed by atoms with Gasteiger partial charge in [0.2, 0.25) is 0 Å². The number of hydrogen-bond acceptors (Lipinski definition) is 1. The summed E-state index contributed by atoms with van der Waals surface area (Å²) in [6, 6.07) is 0. The molecule has 0 bridgehead atoms. The Morgan fingerprint density at radius 3 is 2.36 bits per heavy atom. The zero-order valence-corrected chi connectivity index (χ0v) is 9.51. The van der Waals surface area contributed by atoms with Crippen molar-refractivity contribution in [2.24, 2.45) is 5.92 Å². The van der Waals surface area contributed by atoms with Gasteiger partial charge < -0.3 is 5.11 Å². The molecule has 0 saturated heterocycles. The first-order valence-corrected chi connectivity index (χ1v) is 6.00. The molecule has 1 N–H and O–H groups in total. The summed E-state index contributed by atoms with van der Waals surface area (Å²) < 4.78 is 1.28. The highest BCUT2D eigenvalue weighted by Crippen LogP contribution is 2.14. The largest absolute Gasteiger partial charge is 0.396 e. The Morgan fingerprint density at radius 2 is 1.82 bits per heavy atom. The van der Waals surface area contributed by atoms with E-state index >= 15 is 0 Å². The first-order chi connectivity index (χ1) is 5.31. The Morgan fingerprint density at radius 1 is 1.18 bits per heavy atom.